The molecule has 4 aromatic rings. The molecule has 31 heavy (non-hydrogen) atoms. The molecule has 0 fully saturated rings. The van der Waals surface area contributed by atoms with E-state index < -0.39 is 17.3 Å². The molecule has 0 amide bonds. The van der Waals surface area contributed by atoms with Gasteiger partial charge in [0.05, 0.1) is 11.4 Å². The maximum absolute atomic E-state index is 13.0. The van der Waals surface area contributed by atoms with Gasteiger partial charge in [-0.2, -0.15) is 54.7 Å². The molecule has 0 aliphatic carbocycles. The average molecular weight is 601 g/mol. The maximum atomic E-state index is 13.0. The molecule has 0 aliphatic heterocycles. The van der Waals surface area contributed by atoms with Crippen LogP contribution in [-0.2, 0) is 32.7 Å². The summed E-state index contributed by atoms with van der Waals surface area (Å²) in [6.45, 7) is 3.92. The van der Waals surface area contributed by atoms with E-state index in [4.69, 9.17) is 0 Å². The third-order valence-electron chi connectivity index (χ3n) is 4.78. The number of rotatable bonds is 4. The van der Waals surface area contributed by atoms with E-state index in [1.165, 1.54) is 6.07 Å². The molecule has 1 aromatic carbocycles. The predicted molar refractivity (Wildman–Crippen MR) is 106 cm³/mol. The van der Waals surface area contributed by atoms with E-state index in [1.807, 2.05) is 56.4 Å². The Labute approximate surface area is 192 Å². The van der Waals surface area contributed by atoms with E-state index in [9.17, 15) is 13.2 Å². The standard InChI is InChI=1S/C23H17F3N4.Pt/c1-22(2,20-14-15-30(29-20)16-8-4-3-5-9-16)19-12-6-10-17(27-19)18-11-7-13-21(28-18)23(24,25)26;/h3-8,10,12-15H,1-2H3;/q-2;+2. The van der Waals surface area contributed by atoms with Crippen LogP contribution in [0.15, 0.2) is 66.9 Å². The molecule has 0 unspecified atom stereocenters. The van der Waals surface area contributed by atoms with E-state index in [2.05, 4.69) is 27.2 Å². The summed E-state index contributed by atoms with van der Waals surface area (Å²) < 4.78 is 40.7. The molecule has 0 saturated heterocycles. The Hall–Kier alpha value is -2.79. The van der Waals surface area contributed by atoms with E-state index in [-0.39, 0.29) is 26.8 Å². The first-order valence-corrected chi connectivity index (χ1v) is 9.22. The van der Waals surface area contributed by atoms with Gasteiger partial charge in [0.2, 0.25) is 0 Å². The molecule has 3 heterocycles. The molecule has 8 heteroatoms. The van der Waals surface area contributed by atoms with Crippen molar-refractivity contribution in [2.75, 3.05) is 0 Å². The molecule has 4 rings (SSSR count). The first kappa shape index (κ1) is 22.9. The molecule has 0 bridgehead atoms. The average Bonchev–Trinajstić information content (AvgIpc) is 3.25. The summed E-state index contributed by atoms with van der Waals surface area (Å²) in [5.74, 6) is 0. The topological polar surface area (TPSA) is 43.6 Å². The van der Waals surface area contributed by atoms with Gasteiger partial charge in [0.25, 0.3) is 0 Å². The molecular formula is C23H17F3N4Pt. The van der Waals surface area contributed by atoms with Crippen molar-refractivity contribution < 1.29 is 34.2 Å². The number of aromatic nitrogens is 4. The van der Waals surface area contributed by atoms with Crippen molar-refractivity contribution in [3.8, 4) is 17.1 Å². The molecule has 4 nitrogen and oxygen atoms in total. The summed E-state index contributed by atoms with van der Waals surface area (Å²) in [7, 11) is 0. The molecule has 160 valence electrons. The van der Waals surface area contributed by atoms with Crippen LogP contribution in [0.3, 0.4) is 0 Å². The van der Waals surface area contributed by atoms with Gasteiger partial charge in [0, 0.05) is 17.3 Å². The monoisotopic (exact) mass is 601 g/mol. The normalized spacial score (nSPS) is 11.8. The van der Waals surface area contributed by atoms with Crippen LogP contribution in [0.1, 0.15) is 30.9 Å². The molecule has 3 aromatic heterocycles. The van der Waals surface area contributed by atoms with Gasteiger partial charge in [-0.25, -0.2) is 0 Å². The summed E-state index contributed by atoms with van der Waals surface area (Å²) in [6, 6.07) is 22.5. The number of nitrogens with zero attached hydrogens (tertiary/aromatic N) is 4. The Bertz CT molecular complexity index is 1170. The van der Waals surface area contributed by atoms with E-state index >= 15 is 0 Å². The number of hydrogen-bond donors (Lipinski definition) is 0. The van der Waals surface area contributed by atoms with Crippen LogP contribution in [0.5, 0.6) is 0 Å². The minimum atomic E-state index is -4.53. The predicted octanol–water partition coefficient (Wildman–Crippen LogP) is 5.27. The van der Waals surface area contributed by atoms with Gasteiger partial charge in [-0.1, -0.05) is 12.1 Å². The largest absolute Gasteiger partial charge is 2.00 e. The first-order valence-electron chi connectivity index (χ1n) is 9.22. The molecule has 0 radical (unpaired) electrons. The van der Waals surface area contributed by atoms with Gasteiger partial charge in [0.1, 0.15) is 0 Å². The molecule has 0 spiro atoms. The number of alkyl halides is 3. The quantitative estimate of drug-likeness (QED) is 0.300. The van der Waals surface area contributed by atoms with Crippen LogP contribution < -0.4 is 0 Å². The Morgan fingerprint density at radius 3 is 2.32 bits per heavy atom. The van der Waals surface area contributed by atoms with E-state index in [0.717, 1.165) is 17.4 Å². The van der Waals surface area contributed by atoms with E-state index in [1.54, 1.807) is 16.8 Å². The van der Waals surface area contributed by atoms with Gasteiger partial charge < -0.3 is 4.98 Å². The molecule has 0 aliphatic rings. The van der Waals surface area contributed by atoms with Crippen LogP contribution in [0, 0.1) is 12.1 Å². The van der Waals surface area contributed by atoms with Crippen LogP contribution in [0.4, 0.5) is 13.2 Å². The second-order valence-electron chi connectivity index (χ2n) is 7.25. The summed E-state index contributed by atoms with van der Waals surface area (Å²) >= 11 is 0. The van der Waals surface area contributed by atoms with Crippen molar-refractivity contribution in [3.05, 3.63) is 96.1 Å². The third kappa shape index (κ3) is 4.77. The van der Waals surface area contributed by atoms with Crippen molar-refractivity contribution in [1.82, 2.24) is 19.7 Å². The zero-order valence-corrected chi connectivity index (χ0v) is 18.9. The van der Waals surface area contributed by atoms with Crippen molar-refractivity contribution in [2.24, 2.45) is 0 Å². The second-order valence-corrected chi connectivity index (χ2v) is 7.25. The number of halogens is 3. The zero-order valence-electron chi connectivity index (χ0n) is 16.6. The number of pyridine rings is 2. The van der Waals surface area contributed by atoms with Crippen molar-refractivity contribution >= 4 is 0 Å². The number of hydrogen-bond acceptors (Lipinski definition) is 3. The van der Waals surface area contributed by atoms with Crippen LogP contribution in [0.2, 0.25) is 0 Å². The fraction of sp³-hybridized carbons (Fsp3) is 0.174. The van der Waals surface area contributed by atoms with E-state index in [0.29, 0.717) is 11.4 Å². The van der Waals surface area contributed by atoms with Crippen LogP contribution in [0.25, 0.3) is 17.1 Å². The summed E-state index contributed by atoms with van der Waals surface area (Å²) in [5, 5.41) is 4.65. The maximum Gasteiger partial charge on any atom is 2.00 e. The summed E-state index contributed by atoms with van der Waals surface area (Å²) in [5.41, 5.74) is 1.05. The van der Waals surface area contributed by atoms with Gasteiger partial charge >= 0.3 is 27.2 Å². The van der Waals surface area contributed by atoms with Crippen LogP contribution >= 0.6 is 0 Å². The van der Waals surface area contributed by atoms with Crippen molar-refractivity contribution in [3.63, 3.8) is 0 Å². The smallest absolute Gasteiger partial charge is 0.314 e. The SMILES string of the molecule is CC(C)(c1cccc(-c2[c-]ccc(C(F)(F)F)n2)n1)c1ccn(-c2[c-]cccc2)n1.[Pt+2]. The second kappa shape index (κ2) is 8.75. The van der Waals surface area contributed by atoms with Crippen LogP contribution in [-0.4, -0.2) is 19.7 Å². The summed E-state index contributed by atoms with van der Waals surface area (Å²) in [4.78, 5) is 8.27. The number of benzene rings is 1. The summed E-state index contributed by atoms with van der Waals surface area (Å²) in [6.07, 6.45) is -2.68. The van der Waals surface area contributed by atoms with Gasteiger partial charge in [0.15, 0.2) is 0 Å². The fourth-order valence-electron chi connectivity index (χ4n) is 3.04. The third-order valence-corrected chi connectivity index (χ3v) is 4.78. The molecular weight excluding hydrogens is 584 g/mol. The Kier molecular flexibility index (Phi) is 6.46. The van der Waals surface area contributed by atoms with Gasteiger partial charge in [-0.3, -0.25) is 9.67 Å². The molecule has 0 N–H and O–H groups in total. The Morgan fingerprint density at radius 1 is 0.806 bits per heavy atom. The van der Waals surface area contributed by atoms with Crippen molar-refractivity contribution in [1.29, 1.82) is 0 Å². The minimum absolute atomic E-state index is 0. The Morgan fingerprint density at radius 2 is 1.61 bits per heavy atom. The molecule has 0 atom stereocenters. The molecule has 0 saturated carbocycles. The fourth-order valence-corrected chi connectivity index (χ4v) is 3.04. The first-order chi connectivity index (χ1) is 14.2. The number of para-hydroxylation sites is 1. The van der Waals surface area contributed by atoms with Gasteiger partial charge in [-0.05, 0) is 43.1 Å². The van der Waals surface area contributed by atoms with Gasteiger partial charge in [-0.15, -0.1) is 12.1 Å². The minimum Gasteiger partial charge on any atom is -0.314 e. The van der Waals surface area contributed by atoms with Crippen molar-refractivity contribution in [2.45, 2.75) is 25.4 Å². The Balaban J connectivity index is 0.00000272. The zero-order chi connectivity index (χ0) is 21.4.